The molecule has 0 radical (unpaired) electrons. The minimum atomic E-state index is -0.165. The van der Waals surface area contributed by atoms with Gasteiger partial charge in [-0.3, -0.25) is 4.79 Å². The maximum Gasteiger partial charge on any atom is 0.313 e. The average molecular weight is 150 g/mol. The number of carbonyl (C=O) groups is 1. The molecule has 0 aromatic heterocycles. The van der Waals surface area contributed by atoms with Crippen molar-refractivity contribution in [2.24, 2.45) is 17.3 Å². The number of ether oxygens (including phenoxy) is 1. The molecule has 1 heterocycles. The van der Waals surface area contributed by atoms with Crippen molar-refractivity contribution in [3.05, 3.63) is 12.2 Å². The highest BCUT2D eigenvalue weighted by Gasteiger charge is 2.74. The van der Waals surface area contributed by atoms with Gasteiger partial charge in [0.1, 0.15) is 6.10 Å². The summed E-state index contributed by atoms with van der Waals surface area (Å²) in [5.74, 6) is 0.815. The van der Waals surface area contributed by atoms with E-state index in [1.165, 1.54) is 5.57 Å². The minimum Gasteiger partial charge on any atom is -0.461 e. The fourth-order valence-corrected chi connectivity index (χ4v) is 3.15. The molecule has 1 aliphatic heterocycles. The van der Waals surface area contributed by atoms with Crippen LogP contribution in [0.4, 0.5) is 0 Å². The fraction of sp³-hybridized carbons (Fsp3) is 0.667. The molecule has 4 rings (SSSR count). The summed E-state index contributed by atoms with van der Waals surface area (Å²) in [6.45, 7) is 5.99. The maximum absolute atomic E-state index is 11.3. The number of esters is 1. The lowest BCUT2D eigenvalue weighted by Gasteiger charge is -2.42. The van der Waals surface area contributed by atoms with E-state index in [9.17, 15) is 4.79 Å². The van der Waals surface area contributed by atoms with Gasteiger partial charge in [-0.25, -0.2) is 0 Å². The van der Waals surface area contributed by atoms with Gasteiger partial charge >= 0.3 is 5.97 Å². The third-order valence-corrected chi connectivity index (χ3v) is 3.76. The lowest BCUT2D eigenvalue weighted by molar-refractivity contribution is -0.156. The van der Waals surface area contributed by atoms with Crippen LogP contribution in [-0.4, -0.2) is 12.1 Å². The first-order valence-electron chi connectivity index (χ1n) is 4.05. The highest BCUT2D eigenvalue weighted by Crippen LogP contribution is 2.70. The lowest BCUT2D eigenvalue weighted by atomic mass is 9.57. The van der Waals surface area contributed by atoms with E-state index in [0.717, 1.165) is 6.42 Å². The Morgan fingerprint density at radius 1 is 1.73 bits per heavy atom. The first-order valence-corrected chi connectivity index (χ1v) is 4.05. The van der Waals surface area contributed by atoms with E-state index < -0.39 is 0 Å². The van der Waals surface area contributed by atoms with Crippen LogP contribution in [0.5, 0.6) is 0 Å². The van der Waals surface area contributed by atoms with Crippen molar-refractivity contribution in [1.29, 1.82) is 0 Å². The van der Waals surface area contributed by atoms with Gasteiger partial charge in [0.15, 0.2) is 0 Å². The van der Waals surface area contributed by atoms with Gasteiger partial charge in [-0.05, 0) is 13.3 Å². The largest absolute Gasteiger partial charge is 0.461 e. The van der Waals surface area contributed by atoms with Crippen molar-refractivity contribution in [2.75, 3.05) is 0 Å². The molecule has 4 fully saturated rings. The number of hydrogen-bond acceptors (Lipinski definition) is 2. The Kier molecular flexibility index (Phi) is 0.665. The van der Waals surface area contributed by atoms with Gasteiger partial charge in [0.25, 0.3) is 0 Å². The summed E-state index contributed by atoms with van der Waals surface area (Å²) in [5, 5.41) is 0. The molecule has 4 atom stereocenters. The summed E-state index contributed by atoms with van der Waals surface area (Å²) in [6, 6.07) is 0. The Hall–Kier alpha value is -0.790. The van der Waals surface area contributed by atoms with Crippen LogP contribution in [0, 0.1) is 17.3 Å². The van der Waals surface area contributed by atoms with E-state index in [2.05, 4.69) is 6.58 Å². The molecule has 11 heavy (non-hydrogen) atoms. The van der Waals surface area contributed by atoms with E-state index in [1.807, 2.05) is 6.92 Å². The monoisotopic (exact) mass is 150 g/mol. The van der Waals surface area contributed by atoms with Crippen LogP contribution in [0.1, 0.15) is 13.3 Å². The van der Waals surface area contributed by atoms with E-state index in [-0.39, 0.29) is 17.5 Å². The first-order chi connectivity index (χ1) is 5.15. The normalized spacial score (nSPS) is 57.7. The number of rotatable bonds is 0. The quantitative estimate of drug-likeness (QED) is 0.382. The molecule has 0 N–H and O–H groups in total. The van der Waals surface area contributed by atoms with Crippen molar-refractivity contribution >= 4 is 5.97 Å². The summed E-state index contributed by atoms with van der Waals surface area (Å²) in [5.41, 5.74) is 1.09. The van der Waals surface area contributed by atoms with Gasteiger partial charge in [-0.1, -0.05) is 12.2 Å². The van der Waals surface area contributed by atoms with Crippen molar-refractivity contribution in [1.82, 2.24) is 0 Å². The highest BCUT2D eigenvalue weighted by molar-refractivity contribution is 5.85. The van der Waals surface area contributed by atoms with Crippen LogP contribution < -0.4 is 0 Å². The van der Waals surface area contributed by atoms with Gasteiger partial charge in [0.2, 0.25) is 0 Å². The molecule has 0 unspecified atom stereocenters. The number of carbonyl (C=O) groups excluding carboxylic acids is 1. The second-order valence-electron chi connectivity index (χ2n) is 4.07. The van der Waals surface area contributed by atoms with Crippen LogP contribution in [0.2, 0.25) is 0 Å². The zero-order valence-electron chi connectivity index (χ0n) is 6.46. The first kappa shape index (κ1) is 5.81. The minimum absolute atomic E-state index is 0.0103. The predicted octanol–water partition coefficient (Wildman–Crippen LogP) is 1.12. The fourth-order valence-electron chi connectivity index (χ4n) is 3.15. The molecule has 0 amide bonds. The van der Waals surface area contributed by atoms with Gasteiger partial charge in [-0.15, -0.1) is 0 Å². The van der Waals surface area contributed by atoms with Crippen molar-refractivity contribution in [3.63, 3.8) is 0 Å². The molecule has 0 aromatic rings. The Morgan fingerprint density at radius 2 is 2.45 bits per heavy atom. The molecule has 4 aliphatic rings. The summed E-state index contributed by atoms with van der Waals surface area (Å²) in [7, 11) is 0. The third kappa shape index (κ3) is 0.346. The van der Waals surface area contributed by atoms with E-state index >= 15 is 0 Å². The second-order valence-corrected chi connectivity index (χ2v) is 4.07. The molecule has 1 saturated heterocycles. The highest BCUT2D eigenvalue weighted by atomic mass is 16.6. The van der Waals surface area contributed by atoms with Crippen molar-refractivity contribution in [2.45, 2.75) is 19.4 Å². The molecule has 3 aliphatic carbocycles. The van der Waals surface area contributed by atoms with Crippen LogP contribution in [-0.2, 0) is 9.53 Å². The van der Waals surface area contributed by atoms with Crippen LogP contribution in [0.15, 0.2) is 12.2 Å². The number of hydrogen-bond donors (Lipinski definition) is 0. The third-order valence-electron chi connectivity index (χ3n) is 3.76. The Balaban J connectivity index is 2.18. The Bertz CT molecular complexity index is 281. The van der Waals surface area contributed by atoms with Crippen LogP contribution in [0.3, 0.4) is 0 Å². The Morgan fingerprint density at radius 3 is 2.91 bits per heavy atom. The summed E-state index contributed by atoms with van der Waals surface area (Å²) >= 11 is 0. The molecule has 4 bridgehead atoms. The Labute approximate surface area is 65.2 Å². The van der Waals surface area contributed by atoms with E-state index in [4.69, 9.17) is 4.74 Å². The topological polar surface area (TPSA) is 26.3 Å². The van der Waals surface area contributed by atoms with E-state index in [1.54, 1.807) is 0 Å². The average Bonchev–Trinajstić information content (AvgIpc) is 2.47. The maximum atomic E-state index is 11.3. The zero-order valence-corrected chi connectivity index (χ0v) is 6.46. The van der Waals surface area contributed by atoms with Crippen LogP contribution >= 0.6 is 0 Å². The molecule has 3 saturated carbocycles. The molecule has 58 valence electrons. The molecule has 0 spiro atoms. The standard InChI is InChI=1S/C9H10O2/c1-4-5-3-6-7(4)9(5,2)8(10)11-6/h5-7H,1,3H2,2H3/t5-,6+,7-,9-/m0/s1. The molecule has 2 nitrogen and oxygen atoms in total. The summed E-state index contributed by atoms with van der Waals surface area (Å²) in [6.07, 6.45) is 1.22. The predicted molar refractivity (Wildman–Crippen MR) is 38.7 cm³/mol. The lowest BCUT2D eigenvalue weighted by Crippen LogP contribution is -2.45. The zero-order chi connectivity index (χ0) is 7.80. The summed E-state index contributed by atoms with van der Waals surface area (Å²) in [4.78, 5) is 11.3. The molecule has 2 heteroatoms. The van der Waals surface area contributed by atoms with Gasteiger partial charge in [-0.2, -0.15) is 0 Å². The smallest absolute Gasteiger partial charge is 0.313 e. The van der Waals surface area contributed by atoms with E-state index in [0.29, 0.717) is 11.8 Å². The molecular weight excluding hydrogens is 140 g/mol. The second kappa shape index (κ2) is 1.26. The molecular formula is C9H10O2. The van der Waals surface area contributed by atoms with Crippen molar-refractivity contribution in [3.8, 4) is 0 Å². The van der Waals surface area contributed by atoms with Gasteiger partial charge < -0.3 is 4.74 Å². The molecule has 0 aromatic carbocycles. The van der Waals surface area contributed by atoms with Crippen molar-refractivity contribution < 1.29 is 9.53 Å². The SMILES string of the molecule is C=C1[C@@H]2C[C@H]3OC(=O)[C@]2(C)[C@@H]13. The van der Waals surface area contributed by atoms with Crippen LogP contribution in [0.25, 0.3) is 0 Å². The van der Waals surface area contributed by atoms with Gasteiger partial charge in [0.05, 0.1) is 5.41 Å². The summed E-state index contributed by atoms with van der Waals surface area (Å²) < 4.78 is 5.19. The van der Waals surface area contributed by atoms with Gasteiger partial charge in [0, 0.05) is 11.8 Å².